The van der Waals surface area contributed by atoms with Crippen LogP contribution in [-0.2, 0) is 20.5 Å². The lowest BCUT2D eigenvalue weighted by molar-refractivity contribution is 0.737. The van der Waals surface area contributed by atoms with E-state index in [0.717, 1.165) is 41.1 Å². The highest BCUT2D eigenvalue weighted by Crippen LogP contribution is 2.26. The quantitative estimate of drug-likeness (QED) is 0.781. The zero-order chi connectivity index (χ0) is 14.4. The van der Waals surface area contributed by atoms with E-state index in [1.807, 2.05) is 36.5 Å². The zero-order valence-electron chi connectivity index (χ0n) is 12.3. The highest BCUT2D eigenvalue weighted by molar-refractivity contribution is 5.80. The summed E-state index contributed by atoms with van der Waals surface area (Å²) in [5.74, 6) is 0.474. The van der Waals surface area contributed by atoms with Gasteiger partial charge in [-0.2, -0.15) is 10.2 Å². The molecule has 0 radical (unpaired) electrons. The number of fused-ring (bicyclic) bond motifs is 1. The number of anilines is 1. The fraction of sp³-hybridized carbons (Fsp3) is 0.462. The smallest absolute Gasteiger partial charge is 0.207 e. The number of nitrogens with two attached hydrogens (primary N) is 1. The highest BCUT2D eigenvalue weighted by atomic mass is 15.4. The summed E-state index contributed by atoms with van der Waals surface area (Å²) in [5.41, 5.74) is 10.8. The summed E-state index contributed by atoms with van der Waals surface area (Å²) >= 11 is 0. The van der Waals surface area contributed by atoms with Crippen LogP contribution in [0.2, 0.25) is 0 Å². The van der Waals surface area contributed by atoms with Crippen LogP contribution in [0.25, 0.3) is 16.9 Å². The van der Waals surface area contributed by atoms with E-state index in [2.05, 4.69) is 22.1 Å². The molecule has 0 aromatic carbocycles. The van der Waals surface area contributed by atoms with Crippen LogP contribution in [0.3, 0.4) is 0 Å². The Morgan fingerprint density at radius 1 is 1.25 bits per heavy atom. The predicted octanol–water partition coefficient (Wildman–Crippen LogP) is 1.34. The molecule has 0 spiro atoms. The van der Waals surface area contributed by atoms with Crippen molar-refractivity contribution < 1.29 is 0 Å². The molecule has 2 N–H and O–H groups in total. The van der Waals surface area contributed by atoms with Crippen LogP contribution in [-0.4, -0.2) is 29.1 Å². The van der Waals surface area contributed by atoms with Gasteiger partial charge in [0, 0.05) is 20.3 Å². The van der Waals surface area contributed by atoms with Gasteiger partial charge < -0.3 is 5.73 Å². The number of hydrogen-bond acceptors (Lipinski definition) is 4. The minimum Gasteiger partial charge on any atom is -0.369 e. The summed E-state index contributed by atoms with van der Waals surface area (Å²) in [6.45, 7) is 4.09. The number of nitrogens with zero attached hydrogens (tertiary/aromatic N) is 6. The summed E-state index contributed by atoms with van der Waals surface area (Å²) in [4.78, 5) is 4.50. The van der Waals surface area contributed by atoms with Crippen LogP contribution >= 0.6 is 0 Å². The topological polar surface area (TPSA) is 79.5 Å². The molecule has 0 aliphatic carbocycles. The first-order chi connectivity index (χ1) is 9.52. The maximum atomic E-state index is 6.12. The van der Waals surface area contributed by atoms with E-state index >= 15 is 0 Å². The molecule has 0 fully saturated rings. The fourth-order valence-electron chi connectivity index (χ4n) is 2.65. The van der Waals surface area contributed by atoms with Crippen molar-refractivity contribution in [3.8, 4) is 5.69 Å². The molecule has 0 saturated carbocycles. The fourth-order valence-corrected chi connectivity index (χ4v) is 2.65. The van der Waals surface area contributed by atoms with Gasteiger partial charge in [0.2, 0.25) is 5.95 Å². The number of imidazole rings is 1. The van der Waals surface area contributed by atoms with Crippen molar-refractivity contribution in [2.45, 2.75) is 26.7 Å². The lowest BCUT2D eigenvalue weighted by Crippen LogP contribution is -2.05. The average molecular weight is 273 g/mol. The first-order valence-corrected chi connectivity index (χ1v) is 6.73. The van der Waals surface area contributed by atoms with Gasteiger partial charge >= 0.3 is 0 Å². The van der Waals surface area contributed by atoms with Crippen molar-refractivity contribution in [3.63, 3.8) is 0 Å². The molecule has 0 saturated heterocycles. The van der Waals surface area contributed by atoms with Gasteiger partial charge in [-0.1, -0.05) is 13.3 Å². The molecule has 0 atom stereocenters. The molecular formula is C13H19N7. The first kappa shape index (κ1) is 12.7. The highest BCUT2D eigenvalue weighted by Gasteiger charge is 2.20. The van der Waals surface area contributed by atoms with Gasteiger partial charge in [0.1, 0.15) is 5.52 Å². The second-order valence-corrected chi connectivity index (χ2v) is 5.07. The Labute approximate surface area is 117 Å². The Balaban J connectivity index is 2.31. The molecule has 20 heavy (non-hydrogen) atoms. The van der Waals surface area contributed by atoms with Gasteiger partial charge in [-0.25, -0.2) is 9.67 Å². The third-order valence-corrected chi connectivity index (χ3v) is 3.44. The normalized spacial score (nSPS) is 11.6. The lowest BCUT2D eigenvalue weighted by Gasteiger charge is -2.04. The second kappa shape index (κ2) is 4.36. The van der Waals surface area contributed by atoms with Crippen molar-refractivity contribution in [1.29, 1.82) is 0 Å². The minimum atomic E-state index is 0.474. The van der Waals surface area contributed by atoms with Crippen LogP contribution in [0, 0.1) is 6.92 Å². The largest absolute Gasteiger partial charge is 0.369 e. The van der Waals surface area contributed by atoms with E-state index in [4.69, 9.17) is 5.73 Å². The standard InChI is InChI=1S/C13H19N7/c1-5-6-9-11-12(19(4)17-9)20(13(14)15-11)10-7-18(3)16-8(10)2/h7H,5-6H2,1-4H3,(H2,14,15). The lowest BCUT2D eigenvalue weighted by atomic mass is 10.2. The molecule has 0 unspecified atom stereocenters. The molecule has 0 aliphatic heterocycles. The molecule has 0 aliphatic rings. The molecule has 7 heteroatoms. The van der Waals surface area contributed by atoms with E-state index in [9.17, 15) is 0 Å². The van der Waals surface area contributed by atoms with Crippen molar-refractivity contribution in [3.05, 3.63) is 17.6 Å². The number of nitrogen functional groups attached to an aromatic ring is 1. The number of aryl methyl sites for hydroxylation is 4. The third-order valence-electron chi connectivity index (χ3n) is 3.44. The molecule has 7 nitrogen and oxygen atoms in total. The number of aromatic nitrogens is 6. The predicted molar refractivity (Wildman–Crippen MR) is 77.7 cm³/mol. The van der Waals surface area contributed by atoms with Crippen molar-refractivity contribution in [2.75, 3.05) is 5.73 Å². The Kier molecular flexibility index (Phi) is 2.77. The summed E-state index contributed by atoms with van der Waals surface area (Å²) < 4.78 is 5.54. The van der Waals surface area contributed by atoms with Crippen molar-refractivity contribution >= 4 is 17.1 Å². The van der Waals surface area contributed by atoms with Gasteiger partial charge in [-0.15, -0.1) is 0 Å². The summed E-state index contributed by atoms with van der Waals surface area (Å²) in [5, 5.41) is 8.92. The Hall–Kier alpha value is -2.31. The third kappa shape index (κ3) is 1.70. The number of rotatable bonds is 3. The van der Waals surface area contributed by atoms with Crippen LogP contribution < -0.4 is 5.73 Å². The van der Waals surface area contributed by atoms with Crippen LogP contribution in [0.15, 0.2) is 6.20 Å². The van der Waals surface area contributed by atoms with Crippen LogP contribution in [0.4, 0.5) is 5.95 Å². The Morgan fingerprint density at radius 3 is 2.60 bits per heavy atom. The molecular weight excluding hydrogens is 254 g/mol. The molecule has 0 bridgehead atoms. The van der Waals surface area contributed by atoms with E-state index in [1.165, 1.54) is 0 Å². The molecule has 106 valence electrons. The molecule has 3 rings (SSSR count). The van der Waals surface area contributed by atoms with Gasteiger partial charge in [-0.3, -0.25) is 9.25 Å². The zero-order valence-corrected chi connectivity index (χ0v) is 12.3. The molecule has 3 heterocycles. The van der Waals surface area contributed by atoms with E-state index in [1.54, 1.807) is 4.68 Å². The van der Waals surface area contributed by atoms with Crippen LogP contribution in [0.5, 0.6) is 0 Å². The summed E-state index contributed by atoms with van der Waals surface area (Å²) in [7, 11) is 3.82. The summed E-state index contributed by atoms with van der Waals surface area (Å²) in [6.07, 6.45) is 3.88. The number of hydrogen-bond donors (Lipinski definition) is 1. The van der Waals surface area contributed by atoms with Crippen molar-refractivity contribution in [2.24, 2.45) is 14.1 Å². The summed E-state index contributed by atoms with van der Waals surface area (Å²) in [6, 6.07) is 0. The second-order valence-electron chi connectivity index (χ2n) is 5.07. The first-order valence-electron chi connectivity index (χ1n) is 6.73. The Bertz CT molecular complexity index is 774. The maximum Gasteiger partial charge on any atom is 0.207 e. The van der Waals surface area contributed by atoms with Gasteiger partial charge in [0.15, 0.2) is 5.65 Å². The Morgan fingerprint density at radius 2 is 2.00 bits per heavy atom. The van der Waals surface area contributed by atoms with Gasteiger partial charge in [-0.05, 0) is 13.3 Å². The van der Waals surface area contributed by atoms with E-state index in [-0.39, 0.29) is 0 Å². The SMILES string of the molecule is CCCc1nn(C)c2c1nc(N)n2-c1cn(C)nc1C. The van der Waals surface area contributed by atoms with E-state index in [0.29, 0.717) is 5.95 Å². The van der Waals surface area contributed by atoms with Gasteiger partial charge in [0.25, 0.3) is 0 Å². The van der Waals surface area contributed by atoms with Gasteiger partial charge in [0.05, 0.1) is 17.1 Å². The van der Waals surface area contributed by atoms with Crippen molar-refractivity contribution in [1.82, 2.24) is 29.1 Å². The monoisotopic (exact) mass is 273 g/mol. The maximum absolute atomic E-state index is 6.12. The molecule has 3 aromatic heterocycles. The molecule has 0 amide bonds. The van der Waals surface area contributed by atoms with E-state index < -0.39 is 0 Å². The minimum absolute atomic E-state index is 0.474. The van der Waals surface area contributed by atoms with Crippen LogP contribution in [0.1, 0.15) is 24.7 Å². The average Bonchev–Trinajstić information content (AvgIpc) is 2.96. The molecule has 3 aromatic rings.